The normalized spacial score (nSPS) is 11.0. The van der Waals surface area contributed by atoms with Crippen LogP contribution in [0.15, 0.2) is 48.5 Å². The number of carboxylic acids is 1. The lowest BCUT2D eigenvalue weighted by atomic mass is 10.00. The lowest BCUT2D eigenvalue weighted by Crippen LogP contribution is -1.98. The average molecular weight is 293 g/mol. The number of aryl methyl sites for hydroxylation is 2. The van der Waals surface area contributed by atoms with Gasteiger partial charge < -0.3 is 10.1 Å². The van der Waals surface area contributed by atoms with Crippen LogP contribution in [0, 0.1) is 0 Å². The Morgan fingerprint density at radius 3 is 2.55 bits per heavy atom. The maximum Gasteiger partial charge on any atom is 0.303 e. The number of H-pyrrole nitrogens is 1. The lowest BCUT2D eigenvalue weighted by Gasteiger charge is -2.04. The molecule has 1 heterocycles. The van der Waals surface area contributed by atoms with Crippen LogP contribution in [0.2, 0.25) is 0 Å². The Bertz CT molecular complexity index is 803. The Hall–Kier alpha value is -2.55. The summed E-state index contributed by atoms with van der Waals surface area (Å²) >= 11 is 0. The molecule has 112 valence electrons. The molecule has 1 aromatic heterocycles. The van der Waals surface area contributed by atoms with Gasteiger partial charge in [-0.1, -0.05) is 55.5 Å². The van der Waals surface area contributed by atoms with Gasteiger partial charge in [-0.2, -0.15) is 0 Å². The van der Waals surface area contributed by atoms with E-state index in [9.17, 15) is 4.79 Å². The Balaban J connectivity index is 2.20. The third-order valence-corrected chi connectivity index (χ3v) is 4.06. The van der Waals surface area contributed by atoms with Gasteiger partial charge in [-0.05, 0) is 29.5 Å². The van der Waals surface area contributed by atoms with Gasteiger partial charge in [0.2, 0.25) is 0 Å². The smallest absolute Gasteiger partial charge is 0.303 e. The number of aliphatic carboxylic acids is 1. The predicted molar refractivity (Wildman–Crippen MR) is 89.1 cm³/mol. The molecule has 0 unspecified atom stereocenters. The summed E-state index contributed by atoms with van der Waals surface area (Å²) in [6.45, 7) is 2.13. The number of rotatable bonds is 5. The third kappa shape index (κ3) is 2.62. The quantitative estimate of drug-likeness (QED) is 0.732. The Morgan fingerprint density at radius 1 is 1.09 bits per heavy atom. The number of carboxylic acid groups (broad SMARTS) is 1. The fraction of sp³-hybridized carbons (Fsp3) is 0.211. The van der Waals surface area contributed by atoms with E-state index >= 15 is 0 Å². The molecule has 0 amide bonds. The predicted octanol–water partition coefficient (Wildman–Crippen LogP) is 4.41. The van der Waals surface area contributed by atoms with E-state index < -0.39 is 5.97 Å². The van der Waals surface area contributed by atoms with E-state index in [2.05, 4.69) is 36.2 Å². The van der Waals surface area contributed by atoms with E-state index in [0.717, 1.165) is 34.1 Å². The number of fused-ring (bicyclic) bond motifs is 1. The fourth-order valence-electron chi connectivity index (χ4n) is 2.97. The van der Waals surface area contributed by atoms with Crippen LogP contribution in [0.1, 0.15) is 24.5 Å². The first kappa shape index (κ1) is 14.4. The number of aromatic amines is 1. The van der Waals surface area contributed by atoms with Gasteiger partial charge in [0.1, 0.15) is 0 Å². The molecule has 0 spiro atoms. The molecular weight excluding hydrogens is 274 g/mol. The molecule has 3 nitrogen and oxygen atoms in total. The van der Waals surface area contributed by atoms with Crippen LogP contribution < -0.4 is 0 Å². The highest BCUT2D eigenvalue weighted by atomic mass is 16.4. The molecule has 3 aromatic rings. The summed E-state index contributed by atoms with van der Waals surface area (Å²) in [4.78, 5) is 14.5. The van der Waals surface area contributed by atoms with Gasteiger partial charge in [-0.15, -0.1) is 0 Å². The lowest BCUT2D eigenvalue weighted by molar-refractivity contribution is -0.136. The van der Waals surface area contributed by atoms with Crippen molar-refractivity contribution in [3.63, 3.8) is 0 Å². The van der Waals surface area contributed by atoms with E-state index in [1.54, 1.807) is 0 Å². The van der Waals surface area contributed by atoms with Crippen LogP contribution in [-0.4, -0.2) is 16.1 Å². The topological polar surface area (TPSA) is 53.1 Å². The van der Waals surface area contributed by atoms with Crippen LogP contribution in [0.25, 0.3) is 22.2 Å². The summed E-state index contributed by atoms with van der Waals surface area (Å²) in [6, 6.07) is 16.4. The number of carbonyl (C=O) groups is 1. The Labute approximate surface area is 129 Å². The number of nitrogens with one attached hydrogen (secondary N) is 1. The van der Waals surface area contributed by atoms with Crippen molar-refractivity contribution in [1.29, 1.82) is 0 Å². The molecular formula is C19H19NO2. The van der Waals surface area contributed by atoms with Gasteiger partial charge in [0.05, 0.1) is 0 Å². The van der Waals surface area contributed by atoms with Gasteiger partial charge in [0.25, 0.3) is 0 Å². The van der Waals surface area contributed by atoms with Crippen LogP contribution >= 0.6 is 0 Å². The van der Waals surface area contributed by atoms with Gasteiger partial charge >= 0.3 is 5.97 Å². The zero-order valence-corrected chi connectivity index (χ0v) is 12.6. The first-order valence-corrected chi connectivity index (χ1v) is 7.60. The Kier molecular flexibility index (Phi) is 3.96. The van der Waals surface area contributed by atoms with Crippen LogP contribution in [0.3, 0.4) is 0 Å². The van der Waals surface area contributed by atoms with Crippen molar-refractivity contribution in [2.24, 2.45) is 0 Å². The van der Waals surface area contributed by atoms with Crippen LogP contribution in [0.5, 0.6) is 0 Å². The number of benzene rings is 2. The summed E-state index contributed by atoms with van der Waals surface area (Å²) in [5.74, 6) is -0.764. The van der Waals surface area contributed by atoms with Crippen LogP contribution in [0.4, 0.5) is 0 Å². The zero-order chi connectivity index (χ0) is 15.5. The molecule has 2 aromatic carbocycles. The average Bonchev–Trinajstić information content (AvgIpc) is 2.92. The van der Waals surface area contributed by atoms with E-state index in [1.807, 2.05) is 24.3 Å². The standard InChI is InChI=1S/C19H19NO2/c1-2-13-9-6-10-15-16(11-12-17(21)22)19(20-18(13)15)14-7-4-3-5-8-14/h3-10,20H,2,11-12H2,1H3,(H,21,22). The number of hydrogen-bond acceptors (Lipinski definition) is 1. The fourth-order valence-corrected chi connectivity index (χ4v) is 2.97. The highest BCUT2D eigenvalue weighted by molar-refractivity contribution is 5.93. The Morgan fingerprint density at radius 2 is 1.86 bits per heavy atom. The molecule has 0 radical (unpaired) electrons. The zero-order valence-electron chi connectivity index (χ0n) is 12.6. The number of aromatic nitrogens is 1. The minimum absolute atomic E-state index is 0.142. The third-order valence-electron chi connectivity index (χ3n) is 4.06. The van der Waals surface area contributed by atoms with Crippen molar-refractivity contribution >= 4 is 16.9 Å². The molecule has 0 saturated carbocycles. The molecule has 3 rings (SSSR count). The minimum atomic E-state index is -0.764. The largest absolute Gasteiger partial charge is 0.481 e. The van der Waals surface area contributed by atoms with E-state index in [1.165, 1.54) is 5.56 Å². The molecule has 2 N–H and O–H groups in total. The van der Waals surface area contributed by atoms with E-state index in [4.69, 9.17) is 5.11 Å². The van der Waals surface area contributed by atoms with Crippen molar-refractivity contribution in [3.8, 4) is 11.3 Å². The van der Waals surface area contributed by atoms with E-state index in [-0.39, 0.29) is 6.42 Å². The van der Waals surface area contributed by atoms with E-state index in [0.29, 0.717) is 6.42 Å². The number of para-hydroxylation sites is 1. The summed E-state index contributed by atoms with van der Waals surface area (Å²) in [5.41, 5.74) is 5.62. The number of hydrogen-bond donors (Lipinski definition) is 2. The first-order valence-electron chi connectivity index (χ1n) is 7.60. The van der Waals surface area contributed by atoms with Crippen molar-refractivity contribution in [1.82, 2.24) is 4.98 Å². The van der Waals surface area contributed by atoms with Gasteiger partial charge in [-0.3, -0.25) is 4.79 Å². The molecule has 3 heteroatoms. The second-order valence-corrected chi connectivity index (χ2v) is 5.43. The minimum Gasteiger partial charge on any atom is -0.481 e. The summed E-state index contributed by atoms with van der Waals surface area (Å²) in [6.07, 6.45) is 1.63. The highest BCUT2D eigenvalue weighted by Crippen LogP contribution is 2.33. The van der Waals surface area contributed by atoms with Crippen LogP contribution in [-0.2, 0) is 17.6 Å². The monoisotopic (exact) mass is 293 g/mol. The molecule has 0 aliphatic rings. The first-order chi connectivity index (χ1) is 10.7. The van der Waals surface area contributed by atoms with Crippen molar-refractivity contribution < 1.29 is 9.90 Å². The summed E-state index contributed by atoms with van der Waals surface area (Å²) in [7, 11) is 0. The highest BCUT2D eigenvalue weighted by Gasteiger charge is 2.15. The van der Waals surface area contributed by atoms with Crippen molar-refractivity contribution in [3.05, 3.63) is 59.7 Å². The van der Waals surface area contributed by atoms with Gasteiger partial charge in [0, 0.05) is 23.0 Å². The maximum atomic E-state index is 11.0. The molecule has 0 fully saturated rings. The maximum absolute atomic E-state index is 11.0. The second kappa shape index (κ2) is 6.06. The van der Waals surface area contributed by atoms with Crippen molar-refractivity contribution in [2.75, 3.05) is 0 Å². The summed E-state index contributed by atoms with van der Waals surface area (Å²) in [5, 5.41) is 10.2. The van der Waals surface area contributed by atoms with Gasteiger partial charge in [-0.25, -0.2) is 0 Å². The van der Waals surface area contributed by atoms with Crippen molar-refractivity contribution in [2.45, 2.75) is 26.2 Å². The summed E-state index contributed by atoms with van der Waals surface area (Å²) < 4.78 is 0. The molecule has 22 heavy (non-hydrogen) atoms. The molecule has 0 aliphatic carbocycles. The van der Waals surface area contributed by atoms with Gasteiger partial charge in [0.15, 0.2) is 0 Å². The molecule has 0 saturated heterocycles. The molecule has 0 atom stereocenters. The molecule has 0 aliphatic heterocycles. The SMILES string of the molecule is CCc1cccc2c(CCC(=O)O)c(-c3ccccc3)[nH]c12. The second-order valence-electron chi connectivity index (χ2n) is 5.43. The molecule has 0 bridgehead atoms.